The number of nitrogens with one attached hydrogen (secondary N) is 3. The third-order valence-electron chi connectivity index (χ3n) is 8.79. The van der Waals surface area contributed by atoms with Crippen LogP contribution in [-0.4, -0.2) is 64.7 Å². The predicted molar refractivity (Wildman–Crippen MR) is 141 cm³/mol. The van der Waals surface area contributed by atoms with Crippen molar-refractivity contribution in [3.63, 3.8) is 0 Å². The maximum absolute atomic E-state index is 14.2. The maximum Gasteiger partial charge on any atom is 0.270 e. The molecule has 1 saturated carbocycles. The van der Waals surface area contributed by atoms with Crippen LogP contribution >= 0.6 is 0 Å². The average molecular weight is 533 g/mol. The molecule has 2 bridgehead atoms. The molecule has 206 valence electrons. The first kappa shape index (κ1) is 26.9. The smallest absolute Gasteiger partial charge is 0.270 e. The van der Waals surface area contributed by atoms with Crippen LogP contribution in [0.3, 0.4) is 0 Å². The molecule has 0 spiro atoms. The Labute approximate surface area is 228 Å². The summed E-state index contributed by atoms with van der Waals surface area (Å²) in [5.74, 6) is -0.971. The van der Waals surface area contributed by atoms with Crippen molar-refractivity contribution in [2.75, 3.05) is 13.1 Å². The van der Waals surface area contributed by atoms with Crippen molar-refractivity contribution in [2.24, 2.45) is 35.0 Å². The summed E-state index contributed by atoms with van der Waals surface area (Å²) in [7, 11) is 0. The Morgan fingerprint density at radius 2 is 1.97 bits per heavy atom. The number of likely N-dealkylation sites (tertiary alicyclic amines) is 1. The van der Waals surface area contributed by atoms with Crippen molar-refractivity contribution in [3.05, 3.63) is 42.2 Å². The Morgan fingerprint density at radius 1 is 1.21 bits per heavy atom. The van der Waals surface area contributed by atoms with Crippen LogP contribution in [0.2, 0.25) is 0 Å². The lowest BCUT2D eigenvalue weighted by molar-refractivity contribution is -0.143. The lowest BCUT2D eigenvalue weighted by Gasteiger charge is -2.37. The van der Waals surface area contributed by atoms with Crippen LogP contribution in [0.4, 0.5) is 0 Å². The Morgan fingerprint density at radius 3 is 2.62 bits per heavy atom. The van der Waals surface area contributed by atoms with E-state index in [1.54, 1.807) is 23.1 Å². The minimum Gasteiger partial charge on any atom is -0.356 e. The molecule has 3 heterocycles. The summed E-state index contributed by atoms with van der Waals surface area (Å²) in [5, 5.41) is 18.3. The molecular weight excluding hydrogens is 496 g/mol. The monoisotopic (exact) mass is 532 g/mol. The number of aromatic nitrogens is 1. The minimum atomic E-state index is -0.888. The van der Waals surface area contributed by atoms with Gasteiger partial charge >= 0.3 is 0 Å². The van der Waals surface area contributed by atoms with Crippen molar-refractivity contribution in [1.29, 1.82) is 5.26 Å². The van der Waals surface area contributed by atoms with E-state index in [4.69, 9.17) is 0 Å². The highest BCUT2D eigenvalue weighted by Crippen LogP contribution is 2.54. The lowest BCUT2D eigenvalue weighted by Crippen LogP contribution is -2.59. The van der Waals surface area contributed by atoms with Crippen LogP contribution in [-0.2, 0) is 14.4 Å². The van der Waals surface area contributed by atoms with Gasteiger partial charge in [0, 0.05) is 25.2 Å². The first-order valence-corrected chi connectivity index (χ1v) is 13.8. The van der Waals surface area contributed by atoms with Gasteiger partial charge in [0.15, 0.2) is 0 Å². The van der Waals surface area contributed by atoms with E-state index in [-0.39, 0.29) is 53.5 Å². The van der Waals surface area contributed by atoms with Gasteiger partial charge in [0.2, 0.25) is 17.7 Å². The number of carbonyl (C=O) groups excluding carboxylic acids is 4. The number of nitriles is 1. The first-order chi connectivity index (χ1) is 18.6. The summed E-state index contributed by atoms with van der Waals surface area (Å²) >= 11 is 0. The highest BCUT2D eigenvalue weighted by molar-refractivity contribution is 5.98. The zero-order chi connectivity index (χ0) is 27.9. The molecular formula is C29H36N6O4. The third kappa shape index (κ3) is 5.14. The average Bonchev–Trinajstić information content (AvgIpc) is 3.69. The molecule has 1 aromatic rings. The molecule has 10 nitrogen and oxygen atoms in total. The van der Waals surface area contributed by atoms with E-state index in [0.717, 1.165) is 6.42 Å². The van der Waals surface area contributed by atoms with Crippen molar-refractivity contribution in [3.8, 4) is 6.07 Å². The van der Waals surface area contributed by atoms with Gasteiger partial charge in [-0.3, -0.25) is 24.2 Å². The first-order valence-electron chi connectivity index (χ1n) is 13.8. The quantitative estimate of drug-likeness (QED) is 0.453. The summed E-state index contributed by atoms with van der Waals surface area (Å²) in [4.78, 5) is 58.9. The van der Waals surface area contributed by atoms with Gasteiger partial charge in [-0.25, -0.2) is 0 Å². The van der Waals surface area contributed by atoms with Crippen LogP contribution in [0, 0.1) is 46.3 Å². The van der Waals surface area contributed by atoms with E-state index in [2.05, 4.69) is 39.2 Å². The molecule has 39 heavy (non-hydrogen) atoms. The van der Waals surface area contributed by atoms with Crippen LogP contribution in [0.5, 0.6) is 0 Å². The summed E-state index contributed by atoms with van der Waals surface area (Å²) in [6.07, 6.45) is 7.69. The van der Waals surface area contributed by atoms with Crippen LogP contribution in [0.1, 0.15) is 50.5 Å². The lowest BCUT2D eigenvalue weighted by atomic mass is 9.81. The molecule has 4 aliphatic rings. The number of rotatable bonds is 7. The number of pyridine rings is 1. The van der Waals surface area contributed by atoms with Gasteiger partial charge < -0.3 is 20.9 Å². The normalized spacial score (nSPS) is 30.3. The van der Waals surface area contributed by atoms with Crippen molar-refractivity contribution < 1.29 is 19.2 Å². The largest absolute Gasteiger partial charge is 0.356 e. The van der Waals surface area contributed by atoms with Gasteiger partial charge in [-0.15, -0.1) is 0 Å². The number of amides is 4. The Bertz CT molecular complexity index is 1220. The SMILES string of the molecule is CC(C)(C)[C@H](NC(=O)c1ccccn1)C(=O)N1C[C@H]2[C@@H]([C@H]1C(=O)N[C@H](C#N)C[C@@H]1CCNC1=O)[C@H]1C=C[C@@H]2C1. The second kappa shape index (κ2) is 10.4. The zero-order valence-electron chi connectivity index (χ0n) is 22.6. The number of hydrogen-bond acceptors (Lipinski definition) is 6. The molecule has 0 radical (unpaired) electrons. The Kier molecular flexibility index (Phi) is 7.19. The predicted octanol–water partition coefficient (Wildman–Crippen LogP) is 1.41. The maximum atomic E-state index is 14.2. The summed E-state index contributed by atoms with van der Waals surface area (Å²) < 4.78 is 0. The van der Waals surface area contributed by atoms with Crippen molar-refractivity contribution in [1.82, 2.24) is 25.8 Å². The minimum absolute atomic E-state index is 0.0508. The highest BCUT2D eigenvalue weighted by Gasteiger charge is 2.59. The van der Waals surface area contributed by atoms with E-state index in [0.29, 0.717) is 25.4 Å². The zero-order valence-corrected chi connectivity index (χ0v) is 22.6. The molecule has 8 atom stereocenters. The van der Waals surface area contributed by atoms with E-state index >= 15 is 0 Å². The highest BCUT2D eigenvalue weighted by atomic mass is 16.2. The number of fused-ring (bicyclic) bond motifs is 5. The Balaban J connectivity index is 1.39. The molecule has 3 N–H and O–H groups in total. The molecule has 0 unspecified atom stereocenters. The fourth-order valence-electron chi connectivity index (χ4n) is 6.85. The van der Waals surface area contributed by atoms with Crippen molar-refractivity contribution in [2.45, 2.75) is 58.2 Å². The van der Waals surface area contributed by atoms with Crippen LogP contribution in [0.25, 0.3) is 0 Å². The standard InChI is InChI=1S/C29H36N6O4/c1-29(2,3)24(34-26(37)21-6-4-5-10-31-21)28(39)35-15-20-16-7-8-17(12-16)22(20)23(35)27(38)33-19(14-30)13-18-9-11-32-25(18)36/h4-8,10,16-20,22-24H,9,11-13,15H2,1-3H3,(H,32,36)(H,33,38)(H,34,37)/t16-,17+,18+,19+,20-,22+,23+,24-/m1/s1. The summed E-state index contributed by atoms with van der Waals surface area (Å²) in [5.41, 5.74) is -0.426. The number of nitrogens with zero attached hydrogens (tertiary/aromatic N) is 3. The number of hydrogen-bond donors (Lipinski definition) is 3. The van der Waals surface area contributed by atoms with Gasteiger partial charge in [-0.05, 0) is 60.5 Å². The molecule has 0 aromatic carbocycles. The summed E-state index contributed by atoms with van der Waals surface area (Å²) in [6.45, 7) is 6.62. The molecule has 2 aliphatic heterocycles. The molecule has 10 heteroatoms. The van der Waals surface area contributed by atoms with E-state index in [9.17, 15) is 24.4 Å². The second-order valence-corrected chi connectivity index (χ2v) is 12.3. The number of allylic oxidation sites excluding steroid dienone is 2. The van der Waals surface area contributed by atoms with Crippen LogP contribution in [0.15, 0.2) is 36.5 Å². The molecule has 2 saturated heterocycles. The fourth-order valence-corrected chi connectivity index (χ4v) is 6.85. The molecule has 3 fully saturated rings. The van der Waals surface area contributed by atoms with Gasteiger partial charge in [0.25, 0.3) is 5.91 Å². The van der Waals surface area contributed by atoms with E-state index in [1.807, 2.05) is 20.8 Å². The topological polar surface area (TPSA) is 144 Å². The fraction of sp³-hybridized carbons (Fsp3) is 0.586. The Hall–Kier alpha value is -3.74. The van der Waals surface area contributed by atoms with Crippen LogP contribution < -0.4 is 16.0 Å². The molecule has 1 aromatic heterocycles. The molecule has 5 rings (SSSR count). The van der Waals surface area contributed by atoms with Gasteiger partial charge in [0.05, 0.1) is 6.07 Å². The van der Waals surface area contributed by atoms with Crippen molar-refractivity contribution >= 4 is 23.6 Å². The third-order valence-corrected chi connectivity index (χ3v) is 8.79. The van der Waals surface area contributed by atoms with E-state index < -0.39 is 29.4 Å². The second-order valence-electron chi connectivity index (χ2n) is 12.3. The number of carbonyl (C=O) groups is 4. The summed E-state index contributed by atoms with van der Waals surface area (Å²) in [6, 6.07) is 4.67. The molecule has 4 amide bonds. The molecule has 2 aliphatic carbocycles. The van der Waals surface area contributed by atoms with E-state index in [1.165, 1.54) is 6.20 Å². The van der Waals surface area contributed by atoms with Gasteiger partial charge in [-0.2, -0.15) is 5.26 Å². The van der Waals surface area contributed by atoms with Gasteiger partial charge in [0.1, 0.15) is 23.8 Å². The van der Waals surface area contributed by atoms with Gasteiger partial charge in [-0.1, -0.05) is 39.0 Å².